The van der Waals surface area contributed by atoms with E-state index in [2.05, 4.69) is 9.97 Å². The summed E-state index contributed by atoms with van der Waals surface area (Å²) >= 11 is 0. The lowest BCUT2D eigenvalue weighted by Gasteiger charge is -2.15. The number of pyridine rings is 1. The molecule has 2 heterocycles. The molecule has 2 aromatic heterocycles. The highest BCUT2D eigenvalue weighted by Crippen LogP contribution is 2.29. The van der Waals surface area contributed by atoms with Crippen molar-refractivity contribution in [3.8, 4) is 5.75 Å². The molecule has 0 aliphatic rings. The number of benzene rings is 2. The van der Waals surface area contributed by atoms with Crippen molar-refractivity contribution in [2.45, 2.75) is 35.3 Å². The standard InChI is InChI=1S/C24H20F3N3O6S2/c1-2-17-19(28-11-10-21(17)36-14-24(25,26)27)13-37(33)23-29-18-8-3-4-9-20(18)30(23)38(34,35)16-7-5-6-15(12-16)22(31)32/h3-12H,2,13-14H2,1H3,(H,31,32). The van der Waals surface area contributed by atoms with E-state index in [-0.39, 0.29) is 50.3 Å². The van der Waals surface area contributed by atoms with Crippen molar-refractivity contribution in [1.82, 2.24) is 13.9 Å². The Morgan fingerprint density at radius 2 is 1.87 bits per heavy atom. The van der Waals surface area contributed by atoms with Crippen LogP contribution in [0.15, 0.2) is 70.8 Å². The maximum atomic E-state index is 13.7. The fourth-order valence-corrected chi connectivity index (χ4v) is 6.80. The van der Waals surface area contributed by atoms with Crippen molar-refractivity contribution < 1.29 is 40.4 Å². The minimum atomic E-state index is -4.56. The van der Waals surface area contributed by atoms with E-state index in [0.717, 1.165) is 10.0 Å². The van der Waals surface area contributed by atoms with E-state index in [1.165, 1.54) is 42.6 Å². The minimum Gasteiger partial charge on any atom is -0.484 e. The molecule has 0 radical (unpaired) electrons. The second-order valence-electron chi connectivity index (χ2n) is 7.97. The maximum Gasteiger partial charge on any atom is 0.422 e. The van der Waals surface area contributed by atoms with Gasteiger partial charge in [-0.2, -0.15) is 13.2 Å². The van der Waals surface area contributed by atoms with E-state index >= 15 is 0 Å². The molecule has 4 aromatic rings. The molecule has 0 aliphatic heterocycles. The summed E-state index contributed by atoms with van der Waals surface area (Å²) in [6.45, 7) is 0.148. The molecule has 0 fully saturated rings. The van der Waals surface area contributed by atoms with E-state index in [9.17, 15) is 35.7 Å². The lowest BCUT2D eigenvalue weighted by Crippen LogP contribution is -2.20. The summed E-state index contributed by atoms with van der Waals surface area (Å²) in [7, 11) is -6.61. The highest BCUT2D eigenvalue weighted by Gasteiger charge is 2.30. The Hall–Kier alpha value is -3.78. The quantitative estimate of drug-likeness (QED) is 0.319. The van der Waals surface area contributed by atoms with Gasteiger partial charge >= 0.3 is 12.1 Å². The summed E-state index contributed by atoms with van der Waals surface area (Å²) in [5.74, 6) is -1.76. The number of aromatic nitrogens is 3. The number of fused-ring (bicyclic) bond motifs is 1. The van der Waals surface area contributed by atoms with Gasteiger partial charge < -0.3 is 9.84 Å². The molecule has 0 aliphatic carbocycles. The molecule has 0 spiro atoms. The van der Waals surface area contributed by atoms with Crippen LogP contribution in [0.4, 0.5) is 13.2 Å². The molecule has 1 atom stereocenters. The SMILES string of the molecule is CCc1c(OCC(F)(F)F)ccnc1CS(=O)c1nc2ccccc2n1S(=O)(=O)c1cccc(C(=O)O)c1. The van der Waals surface area contributed by atoms with Crippen LogP contribution in [0.5, 0.6) is 5.75 Å². The largest absolute Gasteiger partial charge is 0.484 e. The molecule has 0 amide bonds. The first kappa shape index (κ1) is 27.3. The van der Waals surface area contributed by atoms with E-state index in [0.29, 0.717) is 5.56 Å². The van der Waals surface area contributed by atoms with Gasteiger partial charge in [-0.25, -0.2) is 22.2 Å². The third kappa shape index (κ3) is 5.55. The summed E-state index contributed by atoms with van der Waals surface area (Å²) in [6.07, 6.45) is -3.13. The Balaban J connectivity index is 1.79. The first-order chi connectivity index (χ1) is 17.9. The van der Waals surface area contributed by atoms with Crippen molar-refractivity contribution in [2.24, 2.45) is 0 Å². The molecular weight excluding hydrogens is 547 g/mol. The van der Waals surface area contributed by atoms with Crippen LogP contribution in [0.3, 0.4) is 0 Å². The molecule has 14 heteroatoms. The Morgan fingerprint density at radius 1 is 1.13 bits per heavy atom. The third-order valence-corrected chi connectivity index (χ3v) is 8.46. The molecule has 4 rings (SSSR count). The van der Waals surface area contributed by atoms with Crippen LogP contribution in [-0.2, 0) is 33.0 Å². The Labute approximate surface area is 217 Å². The number of carboxylic acids is 1. The summed E-state index contributed by atoms with van der Waals surface area (Å²) in [5.41, 5.74) is 0.534. The van der Waals surface area contributed by atoms with E-state index in [1.807, 2.05) is 0 Å². The van der Waals surface area contributed by atoms with Gasteiger partial charge in [0.2, 0.25) is 5.16 Å². The van der Waals surface area contributed by atoms with Gasteiger partial charge in [-0.1, -0.05) is 25.1 Å². The zero-order valence-electron chi connectivity index (χ0n) is 19.7. The molecule has 0 bridgehead atoms. The summed E-state index contributed by atoms with van der Waals surface area (Å²) in [6, 6.07) is 12.1. The lowest BCUT2D eigenvalue weighted by molar-refractivity contribution is -0.153. The second kappa shape index (κ2) is 10.5. The maximum absolute atomic E-state index is 13.7. The molecule has 1 N–H and O–H groups in total. The summed E-state index contributed by atoms with van der Waals surface area (Å²) < 4.78 is 84.7. The Bertz CT molecular complexity index is 1650. The molecule has 1 unspecified atom stereocenters. The van der Waals surface area contributed by atoms with Crippen molar-refractivity contribution in [3.05, 3.63) is 77.6 Å². The van der Waals surface area contributed by atoms with Gasteiger partial charge in [-0.05, 0) is 42.8 Å². The lowest BCUT2D eigenvalue weighted by atomic mass is 10.1. The molecule has 9 nitrogen and oxygen atoms in total. The first-order valence-corrected chi connectivity index (χ1v) is 13.8. The smallest absolute Gasteiger partial charge is 0.422 e. The number of para-hydroxylation sites is 2. The highest BCUT2D eigenvalue weighted by atomic mass is 32.2. The predicted molar refractivity (Wildman–Crippen MR) is 131 cm³/mol. The van der Waals surface area contributed by atoms with Gasteiger partial charge in [0.25, 0.3) is 10.0 Å². The predicted octanol–water partition coefficient (Wildman–Crippen LogP) is 4.18. The number of carbonyl (C=O) groups is 1. The van der Waals surface area contributed by atoms with Gasteiger partial charge in [0.05, 0.1) is 43.7 Å². The fourth-order valence-electron chi connectivity index (χ4n) is 3.75. The number of carboxylic acid groups (broad SMARTS) is 1. The average molecular weight is 568 g/mol. The number of nitrogens with zero attached hydrogens (tertiary/aromatic N) is 3. The second-order valence-corrected chi connectivity index (χ2v) is 11.1. The number of hydrogen-bond acceptors (Lipinski definition) is 7. The molecule has 38 heavy (non-hydrogen) atoms. The van der Waals surface area contributed by atoms with E-state index < -0.39 is 39.6 Å². The van der Waals surface area contributed by atoms with Crippen molar-refractivity contribution in [2.75, 3.05) is 6.61 Å². The fraction of sp³-hybridized carbons (Fsp3) is 0.208. The van der Waals surface area contributed by atoms with Crippen molar-refractivity contribution >= 4 is 37.8 Å². The van der Waals surface area contributed by atoms with Crippen LogP contribution in [0.1, 0.15) is 28.5 Å². The number of rotatable bonds is 9. The van der Waals surface area contributed by atoms with Crippen LogP contribution < -0.4 is 4.74 Å². The molecule has 2 aromatic carbocycles. The van der Waals surface area contributed by atoms with Gasteiger partial charge in [0, 0.05) is 11.8 Å². The Morgan fingerprint density at radius 3 is 2.55 bits per heavy atom. The van der Waals surface area contributed by atoms with Crippen LogP contribution in [-0.4, -0.2) is 50.4 Å². The molecule has 0 saturated heterocycles. The number of aromatic carboxylic acids is 1. The third-order valence-electron chi connectivity index (χ3n) is 5.43. The normalized spacial score (nSPS) is 12.9. The summed E-state index contributed by atoms with van der Waals surface area (Å²) in [5, 5.41) is 8.95. The zero-order valence-corrected chi connectivity index (χ0v) is 21.3. The molecule has 0 saturated carbocycles. The zero-order chi connectivity index (χ0) is 27.7. The molecular formula is C24H20F3N3O6S2. The van der Waals surface area contributed by atoms with Crippen LogP contribution in [0.2, 0.25) is 0 Å². The van der Waals surface area contributed by atoms with Gasteiger partial charge in [0.15, 0.2) is 6.61 Å². The highest BCUT2D eigenvalue weighted by molar-refractivity contribution is 7.91. The van der Waals surface area contributed by atoms with Crippen LogP contribution in [0.25, 0.3) is 11.0 Å². The monoisotopic (exact) mass is 567 g/mol. The number of ether oxygens (including phenoxy) is 1. The first-order valence-electron chi connectivity index (χ1n) is 11.0. The number of halogens is 3. The van der Waals surface area contributed by atoms with Gasteiger partial charge in [0.1, 0.15) is 5.75 Å². The van der Waals surface area contributed by atoms with Crippen molar-refractivity contribution in [1.29, 1.82) is 0 Å². The molecule has 200 valence electrons. The average Bonchev–Trinajstić information content (AvgIpc) is 3.28. The Kier molecular flexibility index (Phi) is 7.56. The number of alkyl halides is 3. The van der Waals surface area contributed by atoms with E-state index in [1.54, 1.807) is 19.1 Å². The van der Waals surface area contributed by atoms with Gasteiger partial charge in [-0.15, -0.1) is 0 Å². The van der Waals surface area contributed by atoms with Gasteiger partial charge in [-0.3, -0.25) is 9.19 Å². The topological polar surface area (TPSA) is 128 Å². The minimum absolute atomic E-state index is 0.0709. The number of hydrogen-bond donors (Lipinski definition) is 1. The van der Waals surface area contributed by atoms with Crippen LogP contribution >= 0.6 is 0 Å². The van der Waals surface area contributed by atoms with Crippen LogP contribution in [0, 0.1) is 0 Å². The van der Waals surface area contributed by atoms with E-state index in [4.69, 9.17) is 4.74 Å². The number of imidazole rings is 1. The van der Waals surface area contributed by atoms with Crippen molar-refractivity contribution in [3.63, 3.8) is 0 Å². The summed E-state index contributed by atoms with van der Waals surface area (Å²) in [4.78, 5) is 19.5.